The summed E-state index contributed by atoms with van der Waals surface area (Å²) in [7, 11) is -0.249. The molecular formula is C17H29BO4. The molecule has 4 nitrogen and oxygen atoms in total. The van der Waals surface area contributed by atoms with Gasteiger partial charge >= 0.3 is 13.1 Å². The summed E-state index contributed by atoms with van der Waals surface area (Å²) in [6.07, 6.45) is 4.69. The highest BCUT2D eigenvalue weighted by molar-refractivity contribution is 6.51. The van der Waals surface area contributed by atoms with E-state index >= 15 is 0 Å². The zero-order chi connectivity index (χ0) is 16.4. The van der Waals surface area contributed by atoms with Crippen molar-refractivity contribution in [2.24, 2.45) is 5.92 Å². The van der Waals surface area contributed by atoms with E-state index in [1.807, 2.05) is 6.92 Å². The summed E-state index contributed by atoms with van der Waals surface area (Å²) < 4.78 is 17.1. The van der Waals surface area contributed by atoms with Crippen molar-refractivity contribution in [3.63, 3.8) is 0 Å². The predicted octanol–water partition coefficient (Wildman–Crippen LogP) is 3.69. The van der Waals surface area contributed by atoms with Gasteiger partial charge in [0.1, 0.15) is 0 Å². The molecule has 22 heavy (non-hydrogen) atoms. The Bertz CT molecular complexity index is 416. The van der Waals surface area contributed by atoms with Crippen molar-refractivity contribution in [3.8, 4) is 0 Å². The molecule has 0 amide bonds. The van der Waals surface area contributed by atoms with E-state index in [2.05, 4.69) is 33.7 Å². The summed E-state index contributed by atoms with van der Waals surface area (Å²) in [5, 5.41) is 0. The van der Waals surface area contributed by atoms with Gasteiger partial charge in [-0.15, -0.1) is 0 Å². The summed E-state index contributed by atoms with van der Waals surface area (Å²) in [6, 6.07) is 0. The van der Waals surface area contributed by atoms with E-state index in [9.17, 15) is 4.79 Å². The summed E-state index contributed by atoms with van der Waals surface area (Å²) >= 11 is 0. The predicted molar refractivity (Wildman–Crippen MR) is 87.4 cm³/mol. The fourth-order valence-electron chi connectivity index (χ4n) is 3.02. The van der Waals surface area contributed by atoms with Gasteiger partial charge in [-0.2, -0.15) is 0 Å². The molecule has 2 rings (SSSR count). The van der Waals surface area contributed by atoms with Crippen LogP contribution in [-0.4, -0.2) is 30.9 Å². The maximum absolute atomic E-state index is 11.5. The Morgan fingerprint density at radius 1 is 1.23 bits per heavy atom. The lowest BCUT2D eigenvalue weighted by atomic mass is 9.78. The third kappa shape index (κ3) is 4.14. The minimum Gasteiger partial charge on any atom is -0.466 e. The standard InChI is InChI=1S/C17H29BO4/c1-6-20-15(19)11-13-7-9-14(10-8-13)12-18-21-16(2,3)17(4,5)22-18/h12-13H,6-11H2,1-5H3. The highest BCUT2D eigenvalue weighted by atomic mass is 16.7. The second kappa shape index (κ2) is 6.75. The van der Waals surface area contributed by atoms with Gasteiger partial charge in [-0.05, 0) is 66.2 Å². The van der Waals surface area contributed by atoms with Crippen LogP contribution in [0.1, 0.15) is 66.7 Å². The van der Waals surface area contributed by atoms with E-state index in [1.54, 1.807) is 0 Å². The number of rotatable bonds is 4. The molecule has 0 spiro atoms. The Morgan fingerprint density at radius 3 is 2.27 bits per heavy atom. The Morgan fingerprint density at radius 2 is 1.77 bits per heavy atom. The highest BCUT2D eigenvalue weighted by Gasteiger charge is 2.50. The second-order valence-corrected chi connectivity index (χ2v) is 7.40. The van der Waals surface area contributed by atoms with Gasteiger partial charge < -0.3 is 14.0 Å². The number of hydrogen-bond donors (Lipinski definition) is 0. The van der Waals surface area contributed by atoms with Crippen LogP contribution < -0.4 is 0 Å². The topological polar surface area (TPSA) is 44.8 Å². The minimum atomic E-state index is -0.282. The first-order chi connectivity index (χ1) is 10.2. The van der Waals surface area contributed by atoms with E-state index in [4.69, 9.17) is 14.0 Å². The van der Waals surface area contributed by atoms with Crippen molar-refractivity contribution >= 4 is 13.1 Å². The third-order valence-electron chi connectivity index (χ3n) is 5.15. The smallest absolute Gasteiger partial charge is 0.466 e. The summed E-state index contributed by atoms with van der Waals surface area (Å²) in [5.41, 5.74) is 0.824. The molecule has 0 aromatic rings. The van der Waals surface area contributed by atoms with Gasteiger partial charge in [0.05, 0.1) is 17.8 Å². The fraction of sp³-hybridized carbons (Fsp3) is 0.824. The number of ether oxygens (including phenoxy) is 1. The number of carbonyl (C=O) groups excluding carboxylic acids is 1. The van der Waals surface area contributed by atoms with Crippen molar-refractivity contribution < 1.29 is 18.8 Å². The van der Waals surface area contributed by atoms with Crippen LogP contribution in [-0.2, 0) is 18.8 Å². The van der Waals surface area contributed by atoms with Crippen molar-refractivity contribution in [2.45, 2.75) is 77.9 Å². The van der Waals surface area contributed by atoms with Crippen LogP contribution in [0.25, 0.3) is 0 Å². The zero-order valence-corrected chi connectivity index (χ0v) is 14.6. The van der Waals surface area contributed by atoms with Crippen LogP contribution >= 0.6 is 0 Å². The molecule has 0 aromatic heterocycles. The van der Waals surface area contributed by atoms with Crippen molar-refractivity contribution in [3.05, 3.63) is 11.5 Å². The van der Waals surface area contributed by atoms with Crippen molar-refractivity contribution in [1.82, 2.24) is 0 Å². The molecule has 0 N–H and O–H groups in total. The lowest BCUT2D eigenvalue weighted by Crippen LogP contribution is -2.41. The average Bonchev–Trinajstić information content (AvgIpc) is 2.60. The molecule has 1 saturated carbocycles. The lowest BCUT2D eigenvalue weighted by Gasteiger charge is -2.32. The fourth-order valence-corrected chi connectivity index (χ4v) is 3.02. The molecule has 2 fully saturated rings. The largest absolute Gasteiger partial charge is 0.487 e. The van der Waals surface area contributed by atoms with E-state index in [1.165, 1.54) is 5.57 Å². The van der Waals surface area contributed by atoms with Crippen LogP contribution in [0.2, 0.25) is 0 Å². The summed E-state index contributed by atoms with van der Waals surface area (Å²) in [4.78, 5) is 11.5. The van der Waals surface area contributed by atoms with Crippen molar-refractivity contribution in [1.29, 1.82) is 0 Å². The Balaban J connectivity index is 1.83. The maximum Gasteiger partial charge on any atom is 0.487 e. The summed E-state index contributed by atoms with van der Waals surface area (Å²) in [5.74, 6) is 2.53. The third-order valence-corrected chi connectivity index (χ3v) is 5.15. The molecule has 124 valence electrons. The first-order valence-corrected chi connectivity index (χ1v) is 8.44. The molecule has 1 heterocycles. The van der Waals surface area contributed by atoms with Crippen molar-refractivity contribution in [2.75, 3.05) is 6.61 Å². The number of carbonyl (C=O) groups is 1. The van der Waals surface area contributed by atoms with Gasteiger partial charge in [-0.25, -0.2) is 0 Å². The second-order valence-electron chi connectivity index (χ2n) is 7.40. The molecule has 1 saturated heterocycles. The number of allylic oxidation sites excluding steroid dienone is 1. The van der Waals surface area contributed by atoms with Crippen LogP contribution in [0.4, 0.5) is 0 Å². The van der Waals surface area contributed by atoms with E-state index in [0.717, 1.165) is 25.7 Å². The van der Waals surface area contributed by atoms with Gasteiger partial charge in [0.25, 0.3) is 0 Å². The van der Waals surface area contributed by atoms with Gasteiger partial charge in [-0.1, -0.05) is 11.5 Å². The SMILES string of the molecule is CCOC(=O)CC1CCC(=CB2OC(C)(C)C(C)(C)O2)CC1. The number of esters is 1. The highest BCUT2D eigenvalue weighted by Crippen LogP contribution is 2.38. The molecule has 0 aromatic carbocycles. The van der Waals surface area contributed by atoms with Gasteiger partial charge in [-0.3, -0.25) is 4.79 Å². The average molecular weight is 308 g/mol. The first-order valence-electron chi connectivity index (χ1n) is 8.44. The molecule has 5 heteroatoms. The van der Waals surface area contributed by atoms with Crippen LogP contribution in [0.15, 0.2) is 11.5 Å². The van der Waals surface area contributed by atoms with Crippen LogP contribution in [0.5, 0.6) is 0 Å². The molecule has 1 aliphatic heterocycles. The Labute approximate surface area is 134 Å². The zero-order valence-electron chi connectivity index (χ0n) is 14.6. The van der Waals surface area contributed by atoms with E-state index in [0.29, 0.717) is 18.9 Å². The molecule has 0 radical (unpaired) electrons. The first kappa shape index (κ1) is 17.5. The normalized spacial score (nSPS) is 26.9. The van der Waals surface area contributed by atoms with Gasteiger partial charge in [0.15, 0.2) is 0 Å². The molecule has 0 atom stereocenters. The monoisotopic (exact) mass is 308 g/mol. The van der Waals surface area contributed by atoms with Gasteiger partial charge in [0.2, 0.25) is 0 Å². The molecule has 1 aliphatic carbocycles. The maximum atomic E-state index is 11.5. The molecule has 2 aliphatic rings. The van der Waals surface area contributed by atoms with Crippen LogP contribution in [0, 0.1) is 5.92 Å². The molecule has 0 bridgehead atoms. The van der Waals surface area contributed by atoms with Crippen LogP contribution in [0.3, 0.4) is 0 Å². The number of hydrogen-bond acceptors (Lipinski definition) is 4. The van der Waals surface area contributed by atoms with Gasteiger partial charge in [0, 0.05) is 6.42 Å². The molecular weight excluding hydrogens is 279 g/mol. The summed E-state index contributed by atoms with van der Waals surface area (Å²) in [6.45, 7) is 10.6. The lowest BCUT2D eigenvalue weighted by molar-refractivity contribution is -0.144. The quantitative estimate of drug-likeness (QED) is 0.587. The van der Waals surface area contributed by atoms with E-state index in [-0.39, 0.29) is 24.3 Å². The van der Waals surface area contributed by atoms with E-state index < -0.39 is 0 Å². The Hall–Kier alpha value is -0.805. The Kier molecular flexibility index (Phi) is 5.39. The minimum absolute atomic E-state index is 0.0640. The molecule has 0 unspecified atom stereocenters.